The van der Waals surface area contributed by atoms with Crippen LogP contribution in [0, 0.1) is 12.8 Å². The normalized spacial score (nSPS) is 24.0. The number of hydrogen-bond acceptors (Lipinski definition) is 5. The molecule has 118 valence electrons. The van der Waals surface area contributed by atoms with Gasteiger partial charge < -0.3 is 4.74 Å². The summed E-state index contributed by atoms with van der Waals surface area (Å²) in [6.45, 7) is 3.81. The fourth-order valence-corrected chi connectivity index (χ4v) is 5.70. The highest BCUT2D eigenvalue weighted by Crippen LogP contribution is 2.33. The maximum Gasteiger partial charge on any atom is 0.310 e. The van der Waals surface area contributed by atoms with E-state index in [1.807, 2.05) is 26.0 Å². The predicted octanol–water partition coefficient (Wildman–Crippen LogP) is 2.38. The first-order valence-electron chi connectivity index (χ1n) is 7.00. The maximum absolute atomic E-state index is 12.5. The second-order valence-corrected chi connectivity index (χ2v) is 8.68. The predicted molar refractivity (Wildman–Crippen MR) is 82.7 cm³/mol. The molecule has 0 radical (unpaired) electrons. The standard InChI is InChI=1S/C14H21NO4S2/c1-9-7-8-12(20-9)10(2)15-21(17,18)13-6-4-5-11(13)14(16)19-3/h7-8,10-11,13,15H,4-6H2,1-3H3. The molecule has 1 aromatic heterocycles. The van der Waals surface area contributed by atoms with E-state index in [9.17, 15) is 13.2 Å². The highest BCUT2D eigenvalue weighted by Gasteiger charge is 2.42. The summed E-state index contributed by atoms with van der Waals surface area (Å²) in [6.07, 6.45) is 1.81. The Morgan fingerprint density at radius 1 is 1.43 bits per heavy atom. The third-order valence-electron chi connectivity index (χ3n) is 3.88. The van der Waals surface area contributed by atoms with Gasteiger partial charge in [-0.05, 0) is 38.8 Å². The van der Waals surface area contributed by atoms with Gasteiger partial charge in [0.25, 0.3) is 0 Å². The number of methoxy groups -OCH3 is 1. The van der Waals surface area contributed by atoms with Crippen molar-refractivity contribution in [3.8, 4) is 0 Å². The smallest absolute Gasteiger partial charge is 0.310 e. The van der Waals surface area contributed by atoms with E-state index in [-0.39, 0.29) is 6.04 Å². The first-order chi connectivity index (χ1) is 9.85. The second kappa shape index (κ2) is 6.46. The summed E-state index contributed by atoms with van der Waals surface area (Å²) in [5, 5.41) is -0.687. The molecule has 3 unspecified atom stereocenters. The molecule has 0 aliphatic heterocycles. The molecule has 7 heteroatoms. The molecule has 1 aliphatic rings. The van der Waals surface area contributed by atoms with Gasteiger partial charge in [0.05, 0.1) is 24.3 Å². The van der Waals surface area contributed by atoms with E-state index in [0.29, 0.717) is 12.8 Å². The summed E-state index contributed by atoms with van der Waals surface area (Å²) in [7, 11) is -2.25. The molecule has 3 atom stereocenters. The van der Waals surface area contributed by atoms with E-state index in [2.05, 4.69) is 4.72 Å². The molecule has 0 saturated heterocycles. The van der Waals surface area contributed by atoms with Gasteiger partial charge in [-0.1, -0.05) is 6.42 Å². The number of thiophene rings is 1. The molecule has 0 spiro atoms. The Bertz CT molecular complexity index is 608. The van der Waals surface area contributed by atoms with E-state index in [0.717, 1.165) is 16.2 Å². The SMILES string of the molecule is COC(=O)C1CCCC1S(=O)(=O)NC(C)c1ccc(C)s1. The lowest BCUT2D eigenvalue weighted by atomic mass is 10.1. The molecule has 2 rings (SSSR count). The Morgan fingerprint density at radius 2 is 2.14 bits per heavy atom. The van der Waals surface area contributed by atoms with E-state index in [1.165, 1.54) is 7.11 Å². The van der Waals surface area contributed by atoms with Crippen LogP contribution in [0.5, 0.6) is 0 Å². The Balaban J connectivity index is 2.12. The number of rotatable bonds is 5. The minimum absolute atomic E-state index is 0.285. The van der Waals surface area contributed by atoms with Gasteiger partial charge in [-0.3, -0.25) is 4.79 Å². The summed E-state index contributed by atoms with van der Waals surface area (Å²) in [5.41, 5.74) is 0. The van der Waals surface area contributed by atoms with Crippen molar-refractivity contribution in [2.24, 2.45) is 5.92 Å². The van der Waals surface area contributed by atoms with Crippen LogP contribution in [0.3, 0.4) is 0 Å². The quantitative estimate of drug-likeness (QED) is 0.841. The van der Waals surface area contributed by atoms with Crippen LogP contribution in [0.4, 0.5) is 0 Å². The fourth-order valence-electron chi connectivity index (χ4n) is 2.80. The van der Waals surface area contributed by atoms with Gasteiger partial charge in [0.1, 0.15) is 0 Å². The third kappa shape index (κ3) is 3.64. The average molecular weight is 331 g/mol. The first kappa shape index (κ1) is 16.5. The number of hydrogen-bond donors (Lipinski definition) is 1. The lowest BCUT2D eigenvalue weighted by Gasteiger charge is -2.21. The Hall–Kier alpha value is -0.920. The van der Waals surface area contributed by atoms with Crippen molar-refractivity contribution in [2.75, 3.05) is 7.11 Å². The molecule has 1 aliphatic carbocycles. The summed E-state index contributed by atoms with van der Waals surface area (Å²) in [6, 6.07) is 3.62. The summed E-state index contributed by atoms with van der Waals surface area (Å²) < 4.78 is 32.5. The minimum atomic E-state index is -3.55. The molecule has 1 fully saturated rings. The molecule has 1 aromatic rings. The van der Waals surface area contributed by atoms with Crippen LogP contribution < -0.4 is 4.72 Å². The van der Waals surface area contributed by atoms with Crippen molar-refractivity contribution in [3.05, 3.63) is 21.9 Å². The zero-order valence-electron chi connectivity index (χ0n) is 12.5. The molecular formula is C14H21NO4S2. The van der Waals surface area contributed by atoms with Crippen LogP contribution in [0.15, 0.2) is 12.1 Å². The minimum Gasteiger partial charge on any atom is -0.469 e. The fraction of sp³-hybridized carbons (Fsp3) is 0.643. The summed E-state index contributed by atoms with van der Waals surface area (Å²) in [5.74, 6) is -0.979. The van der Waals surface area contributed by atoms with Crippen molar-refractivity contribution in [2.45, 2.75) is 44.4 Å². The first-order valence-corrected chi connectivity index (χ1v) is 9.36. The zero-order chi connectivity index (χ0) is 15.6. The number of ether oxygens (including phenoxy) is 1. The molecule has 1 N–H and O–H groups in total. The Labute approximate surface area is 129 Å². The number of carbonyl (C=O) groups is 1. The van der Waals surface area contributed by atoms with Crippen molar-refractivity contribution in [3.63, 3.8) is 0 Å². The lowest BCUT2D eigenvalue weighted by Crippen LogP contribution is -2.40. The molecule has 5 nitrogen and oxygen atoms in total. The monoisotopic (exact) mass is 331 g/mol. The van der Waals surface area contributed by atoms with Crippen LogP contribution in [-0.4, -0.2) is 26.7 Å². The molecule has 1 heterocycles. The molecular weight excluding hydrogens is 310 g/mol. The van der Waals surface area contributed by atoms with E-state index < -0.39 is 27.2 Å². The number of nitrogens with one attached hydrogen (secondary N) is 1. The number of aryl methyl sites for hydroxylation is 1. The van der Waals surface area contributed by atoms with Gasteiger partial charge in [-0.15, -0.1) is 11.3 Å². The molecule has 0 amide bonds. The van der Waals surface area contributed by atoms with Gasteiger partial charge >= 0.3 is 5.97 Å². The Morgan fingerprint density at radius 3 is 2.71 bits per heavy atom. The molecule has 0 bridgehead atoms. The van der Waals surface area contributed by atoms with Gasteiger partial charge in [0, 0.05) is 9.75 Å². The molecule has 1 saturated carbocycles. The second-order valence-electron chi connectivity index (χ2n) is 5.43. The van der Waals surface area contributed by atoms with E-state index in [1.54, 1.807) is 11.3 Å². The molecule has 0 aromatic carbocycles. The number of sulfonamides is 1. The van der Waals surface area contributed by atoms with Crippen molar-refractivity contribution in [1.82, 2.24) is 4.72 Å². The van der Waals surface area contributed by atoms with Crippen LogP contribution >= 0.6 is 11.3 Å². The van der Waals surface area contributed by atoms with E-state index in [4.69, 9.17) is 4.74 Å². The van der Waals surface area contributed by atoms with E-state index >= 15 is 0 Å². The highest BCUT2D eigenvalue weighted by atomic mass is 32.2. The summed E-state index contributed by atoms with van der Waals surface area (Å²) in [4.78, 5) is 13.8. The molecule has 21 heavy (non-hydrogen) atoms. The summed E-state index contributed by atoms with van der Waals surface area (Å²) >= 11 is 1.57. The number of esters is 1. The van der Waals surface area contributed by atoms with Gasteiger partial charge in [0.2, 0.25) is 10.0 Å². The third-order valence-corrected chi connectivity index (χ3v) is 7.11. The van der Waals surface area contributed by atoms with Crippen LogP contribution in [-0.2, 0) is 19.6 Å². The maximum atomic E-state index is 12.5. The highest BCUT2D eigenvalue weighted by molar-refractivity contribution is 7.90. The largest absolute Gasteiger partial charge is 0.469 e. The van der Waals surface area contributed by atoms with Gasteiger partial charge in [0.15, 0.2) is 0 Å². The number of carbonyl (C=O) groups excluding carboxylic acids is 1. The van der Waals surface area contributed by atoms with Crippen LogP contribution in [0.1, 0.15) is 42.0 Å². The van der Waals surface area contributed by atoms with Crippen molar-refractivity contribution < 1.29 is 17.9 Å². The zero-order valence-corrected chi connectivity index (χ0v) is 14.1. The van der Waals surface area contributed by atoms with Gasteiger partial charge in [-0.25, -0.2) is 13.1 Å². The topological polar surface area (TPSA) is 72.5 Å². The van der Waals surface area contributed by atoms with Crippen molar-refractivity contribution in [1.29, 1.82) is 0 Å². The Kier molecular flexibility index (Phi) is 5.06. The van der Waals surface area contributed by atoms with Crippen molar-refractivity contribution >= 4 is 27.3 Å². The lowest BCUT2D eigenvalue weighted by molar-refractivity contribution is -0.145. The van der Waals surface area contributed by atoms with Crippen LogP contribution in [0.25, 0.3) is 0 Å². The average Bonchev–Trinajstić information content (AvgIpc) is 3.05. The van der Waals surface area contributed by atoms with Gasteiger partial charge in [-0.2, -0.15) is 0 Å². The van der Waals surface area contributed by atoms with Crippen LogP contribution in [0.2, 0.25) is 0 Å².